The predicted octanol–water partition coefficient (Wildman–Crippen LogP) is 22.9. The molecular formula is C92H65N5O4. The monoisotopic (exact) mass is 1300 g/mol. The van der Waals surface area contributed by atoms with Crippen molar-refractivity contribution in [3.63, 3.8) is 0 Å². The summed E-state index contributed by atoms with van der Waals surface area (Å²) in [6.07, 6.45) is 0. The summed E-state index contributed by atoms with van der Waals surface area (Å²) in [4.78, 5) is 23.2. The van der Waals surface area contributed by atoms with E-state index < -0.39 is 0 Å². The van der Waals surface area contributed by atoms with E-state index in [1.165, 1.54) is 0 Å². The zero-order valence-electron chi connectivity index (χ0n) is 55.1. The first kappa shape index (κ1) is 61.4. The Morgan fingerprint density at radius 2 is 0.545 bits per heavy atom. The van der Waals surface area contributed by atoms with E-state index in [9.17, 15) is 0 Å². The summed E-state index contributed by atoms with van der Waals surface area (Å²) in [5.74, 6) is 4.13. The van der Waals surface area contributed by atoms with Crippen LogP contribution in [0, 0.1) is 0 Å². The molecule has 9 nitrogen and oxygen atoms in total. The molecule has 0 spiro atoms. The lowest BCUT2D eigenvalue weighted by Crippen LogP contribution is -2.15. The maximum atomic E-state index is 6.63. The molecule has 0 N–H and O–H groups in total. The van der Waals surface area contributed by atoms with Gasteiger partial charge in [-0.25, -0.2) is 19.9 Å². The maximum absolute atomic E-state index is 6.63. The highest BCUT2D eigenvalue weighted by Crippen LogP contribution is 2.40. The Hall–Kier alpha value is -13.2. The lowest BCUT2D eigenvalue weighted by molar-refractivity contribution is 0.217. The zero-order valence-corrected chi connectivity index (χ0v) is 55.1. The van der Waals surface area contributed by atoms with Crippen molar-refractivity contribution in [3.05, 3.63) is 346 Å². The van der Waals surface area contributed by atoms with Crippen molar-refractivity contribution in [1.29, 1.82) is 0 Å². The molecule has 14 heterocycles. The molecule has 4 aromatic heterocycles. The molecule has 0 saturated carbocycles. The van der Waals surface area contributed by atoms with E-state index in [-0.39, 0.29) is 6.61 Å². The van der Waals surface area contributed by atoms with Crippen LogP contribution in [0.5, 0.6) is 23.0 Å². The Bertz CT molecular complexity index is 5600. The Balaban J connectivity index is 0.658. The third kappa shape index (κ3) is 13.4. The second kappa shape index (κ2) is 27.7. The highest BCUT2D eigenvalue weighted by Gasteiger charge is 2.20. The van der Waals surface area contributed by atoms with Crippen molar-refractivity contribution in [2.45, 2.75) is 0 Å². The van der Waals surface area contributed by atoms with Gasteiger partial charge in [-0.1, -0.05) is 255 Å². The van der Waals surface area contributed by atoms with Crippen molar-refractivity contribution in [2.75, 3.05) is 31.3 Å². The van der Waals surface area contributed by atoms with Gasteiger partial charge in [-0.3, -0.25) is 4.90 Å². The summed E-state index contributed by atoms with van der Waals surface area (Å²) < 4.78 is 25.6. The van der Waals surface area contributed by atoms with E-state index in [4.69, 9.17) is 38.9 Å². The van der Waals surface area contributed by atoms with Crippen LogP contribution >= 0.6 is 0 Å². The highest BCUT2D eigenvalue weighted by molar-refractivity contribution is 6.04. The average Bonchev–Trinajstić information content (AvgIpc) is 0.777. The fraction of sp³-hybridized carbons (Fsp3) is 0.0435. The van der Waals surface area contributed by atoms with Gasteiger partial charge in [0.05, 0.1) is 33.8 Å². The minimum Gasteiger partial charge on any atom is -0.490 e. The van der Waals surface area contributed by atoms with Crippen LogP contribution in [0.15, 0.2) is 346 Å². The average molecular weight is 1300 g/mol. The van der Waals surface area contributed by atoms with Crippen LogP contribution in [-0.2, 0) is 0 Å². The van der Waals surface area contributed by atoms with E-state index in [0.29, 0.717) is 48.6 Å². The molecule has 0 saturated heterocycles. The molecule has 0 fully saturated rings. The number of para-hydroxylation sites is 1. The normalized spacial score (nSPS) is 12.1. The molecular weight excluding hydrogens is 1240 g/mol. The van der Waals surface area contributed by atoms with E-state index in [1.54, 1.807) is 0 Å². The molecule has 10 aliphatic rings. The number of hydrogen-bond donors (Lipinski definition) is 0. The van der Waals surface area contributed by atoms with Crippen LogP contribution in [0.3, 0.4) is 0 Å². The molecule has 26 rings (SSSR count). The van der Waals surface area contributed by atoms with Gasteiger partial charge in [0.15, 0.2) is 0 Å². The lowest BCUT2D eigenvalue weighted by atomic mass is 9.96. The molecule has 16 aromatic rings. The third-order valence-corrected chi connectivity index (χ3v) is 18.5. The number of rotatable bonds is 4. The minimum absolute atomic E-state index is 0.272. The van der Waals surface area contributed by atoms with Crippen molar-refractivity contribution in [1.82, 2.24) is 19.9 Å². The molecule has 9 heteroatoms. The standard InChI is InChI=1S/C92H65N5O4/c1-3-10-72(11-4-1)85-18-9-19-89(93-85)97(80-15-5-2-6-16-80)90-61-84-60-88(94-90)79-14-8-17-83(59-79)100-56-54-98-81-48-42-69(43-49-81)66-26-24-63(25-27-66)62-20-22-64(23-21-62)67-32-36-73(37-33-67)86-52-46-75-40-41-76-47-53-87(96-92(76)91(75)95-86)74-38-34-68(35-39-74)65-28-30-70(31-29-65)77-12-7-13-78(58-77)71-44-50-82(51-45-71)99-55-57-101-84/h1-53,58-61H,54-57H2. The summed E-state index contributed by atoms with van der Waals surface area (Å²) in [7, 11) is 0. The molecule has 0 unspecified atom stereocenters. The number of anilines is 3. The van der Waals surface area contributed by atoms with Gasteiger partial charge in [0.2, 0.25) is 0 Å². The molecule has 0 amide bonds. The summed E-state index contributed by atoms with van der Waals surface area (Å²) in [6, 6.07) is 120. The predicted molar refractivity (Wildman–Crippen MR) is 410 cm³/mol. The first-order chi connectivity index (χ1) is 50.0. The van der Waals surface area contributed by atoms with Crippen LogP contribution < -0.4 is 23.8 Å². The number of pyridine rings is 4. The Kier molecular flexibility index (Phi) is 16.8. The molecule has 12 aromatic carbocycles. The second-order valence-electron chi connectivity index (χ2n) is 25.0. The summed E-state index contributed by atoms with van der Waals surface area (Å²) >= 11 is 0. The quantitative estimate of drug-likeness (QED) is 0.160. The van der Waals surface area contributed by atoms with Gasteiger partial charge in [-0.2, -0.15) is 0 Å². The highest BCUT2D eigenvalue weighted by atomic mass is 16.5. The Labute approximate surface area is 586 Å². The summed E-state index contributed by atoms with van der Waals surface area (Å²) in [6.45, 7) is 1.25. The second-order valence-corrected chi connectivity index (χ2v) is 25.0. The van der Waals surface area contributed by atoms with Gasteiger partial charge in [0.1, 0.15) is 61.1 Å². The Morgan fingerprint density at radius 3 is 1.03 bits per heavy atom. The van der Waals surface area contributed by atoms with E-state index in [2.05, 4.69) is 235 Å². The topological polar surface area (TPSA) is 91.7 Å². The van der Waals surface area contributed by atoms with Gasteiger partial charge in [0.25, 0.3) is 0 Å². The van der Waals surface area contributed by atoms with Crippen molar-refractivity contribution < 1.29 is 18.9 Å². The van der Waals surface area contributed by atoms with E-state index in [1.807, 2.05) is 115 Å². The third-order valence-electron chi connectivity index (χ3n) is 18.5. The van der Waals surface area contributed by atoms with Crippen molar-refractivity contribution in [3.8, 4) is 135 Å². The molecule has 0 atom stereocenters. The number of ether oxygens (including phenoxy) is 4. The minimum atomic E-state index is 0.272. The van der Waals surface area contributed by atoms with Gasteiger partial charge in [-0.05, 0) is 146 Å². The Morgan fingerprint density at radius 1 is 0.198 bits per heavy atom. The van der Waals surface area contributed by atoms with Gasteiger partial charge in [0, 0.05) is 50.8 Å². The lowest BCUT2D eigenvalue weighted by Gasteiger charge is -2.25. The largest absolute Gasteiger partial charge is 0.490 e. The van der Waals surface area contributed by atoms with Crippen LogP contribution in [0.4, 0.5) is 17.3 Å². The van der Waals surface area contributed by atoms with Crippen LogP contribution in [0.2, 0.25) is 0 Å². The molecule has 101 heavy (non-hydrogen) atoms. The van der Waals surface area contributed by atoms with E-state index >= 15 is 0 Å². The maximum Gasteiger partial charge on any atom is 0.143 e. The van der Waals surface area contributed by atoms with Crippen molar-refractivity contribution >= 4 is 39.1 Å². The van der Waals surface area contributed by atoms with E-state index in [0.717, 1.165) is 145 Å². The molecule has 0 aliphatic carbocycles. The van der Waals surface area contributed by atoms with Gasteiger partial charge in [-0.15, -0.1) is 0 Å². The van der Waals surface area contributed by atoms with Crippen molar-refractivity contribution in [2.24, 2.45) is 0 Å². The number of fused-ring (bicyclic) bond motifs is 3. The van der Waals surface area contributed by atoms with Crippen LogP contribution in [-0.4, -0.2) is 46.4 Å². The van der Waals surface area contributed by atoms with Gasteiger partial charge < -0.3 is 18.9 Å². The first-order valence-electron chi connectivity index (χ1n) is 34.0. The summed E-state index contributed by atoms with van der Waals surface area (Å²) in [5, 5.41) is 2.10. The molecule has 482 valence electrons. The number of hydrogen-bond acceptors (Lipinski definition) is 9. The zero-order chi connectivity index (χ0) is 67.3. The summed E-state index contributed by atoms with van der Waals surface area (Å²) in [5.41, 5.74) is 23.5. The smallest absolute Gasteiger partial charge is 0.143 e. The molecule has 0 radical (unpaired) electrons. The van der Waals surface area contributed by atoms with Crippen LogP contribution in [0.25, 0.3) is 134 Å². The fourth-order valence-electron chi connectivity index (χ4n) is 13.2. The first-order valence-corrected chi connectivity index (χ1v) is 34.0. The molecule has 24 bridgehead atoms. The van der Waals surface area contributed by atoms with Gasteiger partial charge >= 0.3 is 0 Å². The number of nitrogens with zero attached hydrogens (tertiary/aromatic N) is 5. The SMILES string of the molecule is c1ccc(-c2cccc(N(c3ccccc3)c3cc4cc(n3)-c3cccc(c3)OCCOc3ccc(cc3)-c3ccc(cc3)-c3ccc(cc3)-c3ccc(cc3)-c3ccc5ccc6ccc(nc6c5n3)-c3ccc(cc3)-c3ccc(cc3)-c3cccc(c3)-c3ccc(cc3)OCCO4)n2)cc1. The molecule has 10 aliphatic heterocycles. The fourth-order valence-corrected chi connectivity index (χ4v) is 13.2. The number of benzene rings is 12. The number of aromatic nitrogens is 4. The van der Waals surface area contributed by atoms with Crippen LogP contribution in [0.1, 0.15) is 0 Å².